The lowest BCUT2D eigenvalue weighted by Crippen LogP contribution is -2.46. The first-order valence-electron chi connectivity index (χ1n) is 6.96. The van der Waals surface area contributed by atoms with E-state index in [4.69, 9.17) is 22.8 Å². The Balaban J connectivity index is 2.20. The number of piperazine rings is 1. The second kappa shape index (κ2) is 6.88. The second-order valence-electron chi connectivity index (χ2n) is 4.95. The van der Waals surface area contributed by atoms with Gasteiger partial charge in [0.2, 0.25) is 0 Å². The third-order valence-electron chi connectivity index (χ3n) is 3.72. The van der Waals surface area contributed by atoms with Gasteiger partial charge in [-0.1, -0.05) is 24.4 Å². The fraction of sp³-hybridized carbons (Fsp3) is 0.500. The zero-order valence-corrected chi connectivity index (χ0v) is 12.9. The van der Waals surface area contributed by atoms with E-state index in [1.807, 2.05) is 6.07 Å². The van der Waals surface area contributed by atoms with Gasteiger partial charge in [-0.05, 0) is 24.1 Å². The topological polar surface area (TPSA) is 15.7 Å². The van der Waals surface area contributed by atoms with E-state index in [-0.39, 0.29) is 0 Å². The molecule has 0 bridgehead atoms. The van der Waals surface area contributed by atoms with Gasteiger partial charge in [-0.2, -0.15) is 0 Å². The van der Waals surface area contributed by atoms with Gasteiger partial charge in [0.1, 0.15) is 0 Å². The highest BCUT2D eigenvalue weighted by Gasteiger charge is 2.21. The molecule has 108 valence electrons. The lowest BCUT2D eigenvalue weighted by Gasteiger charge is -2.36. The molecule has 0 aliphatic carbocycles. The van der Waals surface area contributed by atoms with Crippen molar-refractivity contribution in [1.29, 1.82) is 0 Å². The van der Waals surface area contributed by atoms with E-state index in [1.165, 1.54) is 5.56 Å². The van der Waals surface area contributed by atoms with Gasteiger partial charge in [0, 0.05) is 26.2 Å². The van der Waals surface area contributed by atoms with Gasteiger partial charge in [-0.3, -0.25) is 4.90 Å². The molecule has 1 fully saturated rings. The maximum Gasteiger partial charge on any atom is 0.160 e. The Kier molecular flexibility index (Phi) is 5.17. The van der Waals surface area contributed by atoms with Crippen LogP contribution in [-0.4, -0.2) is 44.7 Å². The first kappa shape index (κ1) is 15.0. The quantitative estimate of drug-likeness (QED) is 0.794. The summed E-state index contributed by atoms with van der Waals surface area (Å²) in [5.74, 6) is 3.48. The van der Waals surface area contributed by atoms with Crippen molar-refractivity contribution >= 4 is 17.3 Å². The van der Waals surface area contributed by atoms with Crippen molar-refractivity contribution < 1.29 is 4.74 Å². The van der Waals surface area contributed by atoms with Crippen LogP contribution in [0.15, 0.2) is 12.1 Å². The molecule has 1 aromatic carbocycles. The summed E-state index contributed by atoms with van der Waals surface area (Å²) in [6, 6.07) is 4.17. The minimum atomic E-state index is 0.688. The molecule has 0 N–H and O–H groups in total. The Labute approximate surface area is 126 Å². The maximum atomic E-state index is 6.32. The van der Waals surface area contributed by atoms with E-state index in [2.05, 4.69) is 28.7 Å². The van der Waals surface area contributed by atoms with Crippen molar-refractivity contribution in [2.75, 3.05) is 44.7 Å². The van der Waals surface area contributed by atoms with Crippen LogP contribution in [0, 0.1) is 12.3 Å². The molecular formula is C16H21ClN2O. The molecule has 0 unspecified atom stereocenters. The first-order valence-corrected chi connectivity index (χ1v) is 7.34. The molecule has 1 heterocycles. The molecule has 0 spiro atoms. The van der Waals surface area contributed by atoms with Crippen LogP contribution in [0.5, 0.6) is 5.75 Å². The van der Waals surface area contributed by atoms with E-state index >= 15 is 0 Å². The average Bonchev–Trinajstić information content (AvgIpc) is 2.47. The molecule has 2 rings (SSSR count). The number of nitrogens with zero attached hydrogens (tertiary/aromatic N) is 2. The molecule has 4 heteroatoms. The summed E-state index contributed by atoms with van der Waals surface area (Å²) in [4.78, 5) is 4.62. The van der Waals surface area contributed by atoms with Gasteiger partial charge in [0.05, 0.1) is 24.4 Å². The molecule has 20 heavy (non-hydrogen) atoms. The molecule has 3 nitrogen and oxygen atoms in total. The Morgan fingerprint density at radius 3 is 2.55 bits per heavy atom. The van der Waals surface area contributed by atoms with Crippen LogP contribution in [0.4, 0.5) is 5.69 Å². The van der Waals surface area contributed by atoms with Crippen molar-refractivity contribution in [3.05, 3.63) is 22.7 Å². The molecule has 0 atom stereocenters. The number of terminal acetylenes is 1. The van der Waals surface area contributed by atoms with Gasteiger partial charge >= 0.3 is 0 Å². The SMILES string of the molecule is C#CCN1CCN(c2cc(CC)cc(Cl)c2OC)CC1. The van der Waals surface area contributed by atoms with Gasteiger partial charge in [-0.15, -0.1) is 6.42 Å². The van der Waals surface area contributed by atoms with Crippen LogP contribution in [0.1, 0.15) is 12.5 Å². The van der Waals surface area contributed by atoms with Crippen molar-refractivity contribution in [2.45, 2.75) is 13.3 Å². The number of rotatable bonds is 4. The van der Waals surface area contributed by atoms with Gasteiger partial charge in [0.25, 0.3) is 0 Å². The van der Waals surface area contributed by atoms with E-state index in [0.29, 0.717) is 5.02 Å². The zero-order chi connectivity index (χ0) is 14.5. The molecule has 1 aliphatic rings. The van der Waals surface area contributed by atoms with Crippen LogP contribution >= 0.6 is 11.6 Å². The molecule has 1 aliphatic heterocycles. The predicted octanol–water partition coefficient (Wildman–Crippen LogP) is 2.67. The maximum absolute atomic E-state index is 6.32. The van der Waals surface area contributed by atoms with Gasteiger partial charge < -0.3 is 9.64 Å². The average molecular weight is 293 g/mol. The predicted molar refractivity (Wildman–Crippen MR) is 84.9 cm³/mol. The number of hydrogen-bond acceptors (Lipinski definition) is 3. The van der Waals surface area contributed by atoms with Crippen molar-refractivity contribution in [2.24, 2.45) is 0 Å². The third kappa shape index (κ3) is 3.20. The summed E-state index contributed by atoms with van der Waals surface area (Å²) >= 11 is 6.32. The standard InChI is InChI=1S/C16H21ClN2O/c1-4-6-18-7-9-19(10-8-18)15-12-13(5-2)11-14(17)16(15)20-3/h1,11-12H,5-10H2,2-3H3. The Morgan fingerprint density at radius 1 is 1.30 bits per heavy atom. The minimum absolute atomic E-state index is 0.688. The molecule has 0 aromatic heterocycles. The van der Waals surface area contributed by atoms with Crippen LogP contribution in [-0.2, 0) is 6.42 Å². The van der Waals surface area contributed by atoms with Crippen molar-refractivity contribution in [3.8, 4) is 18.1 Å². The molecule has 0 saturated carbocycles. The minimum Gasteiger partial charge on any atom is -0.493 e. The molecule has 0 radical (unpaired) electrons. The van der Waals surface area contributed by atoms with E-state index in [9.17, 15) is 0 Å². The number of aryl methyl sites for hydroxylation is 1. The van der Waals surface area contributed by atoms with Gasteiger partial charge in [-0.25, -0.2) is 0 Å². The summed E-state index contributed by atoms with van der Waals surface area (Å²) in [7, 11) is 1.67. The molecule has 1 saturated heterocycles. The van der Waals surface area contributed by atoms with E-state index < -0.39 is 0 Å². The van der Waals surface area contributed by atoms with Crippen molar-refractivity contribution in [3.63, 3.8) is 0 Å². The number of hydrogen-bond donors (Lipinski definition) is 0. The van der Waals surface area contributed by atoms with Crippen molar-refractivity contribution in [1.82, 2.24) is 4.90 Å². The molecule has 0 amide bonds. The molecule has 1 aromatic rings. The summed E-state index contributed by atoms with van der Waals surface area (Å²) in [6.45, 7) is 6.69. The van der Waals surface area contributed by atoms with Crippen LogP contribution in [0.2, 0.25) is 5.02 Å². The summed E-state index contributed by atoms with van der Waals surface area (Å²) in [5.41, 5.74) is 2.33. The van der Waals surface area contributed by atoms with Crippen LogP contribution in [0.3, 0.4) is 0 Å². The first-order chi connectivity index (χ1) is 9.69. The van der Waals surface area contributed by atoms with E-state index in [1.54, 1.807) is 7.11 Å². The number of halogens is 1. The Morgan fingerprint density at radius 2 is 2.00 bits per heavy atom. The largest absolute Gasteiger partial charge is 0.493 e. The second-order valence-corrected chi connectivity index (χ2v) is 5.36. The Hall–Kier alpha value is -1.37. The fourth-order valence-electron chi connectivity index (χ4n) is 2.55. The monoisotopic (exact) mass is 292 g/mol. The third-order valence-corrected chi connectivity index (χ3v) is 4.00. The Bertz CT molecular complexity index is 502. The van der Waals surface area contributed by atoms with Gasteiger partial charge in [0.15, 0.2) is 5.75 Å². The smallest absolute Gasteiger partial charge is 0.160 e. The number of anilines is 1. The number of benzene rings is 1. The number of ether oxygens (including phenoxy) is 1. The fourth-order valence-corrected chi connectivity index (χ4v) is 2.86. The highest BCUT2D eigenvalue weighted by molar-refractivity contribution is 6.32. The number of methoxy groups -OCH3 is 1. The van der Waals surface area contributed by atoms with Crippen LogP contribution in [0.25, 0.3) is 0 Å². The highest BCUT2D eigenvalue weighted by atomic mass is 35.5. The lowest BCUT2D eigenvalue weighted by atomic mass is 10.1. The zero-order valence-electron chi connectivity index (χ0n) is 12.2. The summed E-state index contributed by atoms with van der Waals surface area (Å²) < 4.78 is 5.48. The summed E-state index contributed by atoms with van der Waals surface area (Å²) in [5, 5.41) is 0.688. The lowest BCUT2D eigenvalue weighted by molar-refractivity contribution is 0.287. The normalized spacial score (nSPS) is 16.0. The van der Waals surface area contributed by atoms with E-state index in [0.717, 1.165) is 50.6 Å². The summed E-state index contributed by atoms with van der Waals surface area (Å²) in [6.07, 6.45) is 6.33. The highest BCUT2D eigenvalue weighted by Crippen LogP contribution is 2.37. The molecular weight excluding hydrogens is 272 g/mol. The van der Waals surface area contributed by atoms with Crippen LogP contribution < -0.4 is 9.64 Å².